The maximum atomic E-state index is 13.7. The minimum atomic E-state index is -0.319. The molecule has 0 saturated carbocycles. The van der Waals surface area contributed by atoms with Crippen LogP contribution in [0.25, 0.3) is 11.8 Å². The topological polar surface area (TPSA) is 47.5 Å². The molecule has 3 heterocycles. The number of fused-ring (bicyclic) bond motifs is 3. The van der Waals surface area contributed by atoms with Crippen molar-refractivity contribution in [3.05, 3.63) is 119 Å². The number of allylic oxidation sites excluding steroid dienone is 1. The van der Waals surface area contributed by atoms with Crippen molar-refractivity contribution in [3.63, 3.8) is 0 Å². The zero-order valence-electron chi connectivity index (χ0n) is 16.7. The van der Waals surface area contributed by atoms with Crippen LogP contribution in [-0.4, -0.2) is 4.57 Å². The molecule has 0 spiro atoms. The van der Waals surface area contributed by atoms with Gasteiger partial charge < -0.3 is 4.42 Å². The number of hydrogen-bond acceptors (Lipinski definition) is 4. The van der Waals surface area contributed by atoms with Crippen LogP contribution in [-0.2, 0) is 6.42 Å². The summed E-state index contributed by atoms with van der Waals surface area (Å²) in [5.41, 5.74) is 5.13. The molecule has 7 heteroatoms. The molecule has 0 fully saturated rings. The van der Waals surface area contributed by atoms with Crippen LogP contribution in [0.4, 0.5) is 4.39 Å². The molecule has 32 heavy (non-hydrogen) atoms. The summed E-state index contributed by atoms with van der Waals surface area (Å²) in [6.07, 6.45) is 3.42. The molecule has 0 saturated heterocycles. The number of aryl methyl sites for hydroxylation is 1. The minimum absolute atomic E-state index is 0.124. The second kappa shape index (κ2) is 7.53. The normalized spacial score (nSPS) is 17.6. The molecule has 2 aliphatic rings. The molecule has 0 bridgehead atoms. The van der Waals surface area contributed by atoms with E-state index >= 15 is 0 Å². The van der Waals surface area contributed by atoms with E-state index in [1.54, 1.807) is 34.9 Å². The number of halogens is 2. The number of hydrogen-bond donors (Lipinski definition) is 0. The number of aromatic nitrogens is 1. The van der Waals surface area contributed by atoms with Crippen molar-refractivity contribution in [1.82, 2.24) is 4.57 Å². The summed E-state index contributed by atoms with van der Waals surface area (Å²) in [5.74, 6) is 0.294. The van der Waals surface area contributed by atoms with Crippen LogP contribution in [0.15, 0.2) is 85.1 Å². The monoisotopic (exact) mass is 506 g/mol. The lowest BCUT2D eigenvalue weighted by Crippen LogP contribution is -2.38. The van der Waals surface area contributed by atoms with Gasteiger partial charge in [0.25, 0.3) is 5.56 Å². The van der Waals surface area contributed by atoms with E-state index in [4.69, 9.17) is 9.41 Å². The lowest BCUT2D eigenvalue weighted by molar-refractivity contribution is 0.531. The van der Waals surface area contributed by atoms with Gasteiger partial charge in [-0.1, -0.05) is 47.7 Å². The molecule has 0 N–H and O–H groups in total. The molecule has 2 aromatic carbocycles. The van der Waals surface area contributed by atoms with Gasteiger partial charge in [-0.2, -0.15) is 0 Å². The summed E-state index contributed by atoms with van der Waals surface area (Å²) in [5, 5.41) is 0. The average Bonchev–Trinajstić information content (AvgIpc) is 3.35. The number of benzene rings is 2. The van der Waals surface area contributed by atoms with Gasteiger partial charge in [-0.3, -0.25) is 9.36 Å². The first kappa shape index (κ1) is 19.6. The molecule has 0 radical (unpaired) electrons. The van der Waals surface area contributed by atoms with Gasteiger partial charge in [-0.15, -0.1) is 0 Å². The zero-order chi connectivity index (χ0) is 21.8. The van der Waals surface area contributed by atoms with Gasteiger partial charge in [-0.25, -0.2) is 9.38 Å². The lowest BCUT2D eigenvalue weighted by Gasteiger charge is -2.30. The standard InChI is InChI=1S/C25H16BrFN2O2S/c26-21-12-10-17(31-21)13-20-24(30)29-23(15-5-8-16(27)9-6-15)19-11-7-14-3-1-2-4-18(14)22(19)28-25(29)32-20/h1-6,8-10,12-13,23H,7,11H2/b20-13+/t23-/m1/s1. The molecule has 1 aliphatic heterocycles. The molecule has 0 unspecified atom stereocenters. The predicted octanol–water partition coefficient (Wildman–Crippen LogP) is 4.81. The van der Waals surface area contributed by atoms with E-state index < -0.39 is 0 Å². The Hall–Kier alpha value is -3.03. The molecule has 158 valence electrons. The maximum absolute atomic E-state index is 13.7. The highest BCUT2D eigenvalue weighted by atomic mass is 79.9. The Bertz CT molecular complexity index is 1580. The highest BCUT2D eigenvalue weighted by Gasteiger charge is 2.32. The molecule has 4 aromatic rings. The first-order valence-corrected chi connectivity index (χ1v) is 11.8. The SMILES string of the molecule is O=c1/c(=C\c2ccc(Br)o2)sc2n1[C@H](c1ccc(F)cc1)C1=C(N=2)c2ccccc2CC1. The van der Waals surface area contributed by atoms with Crippen molar-refractivity contribution in [2.45, 2.75) is 18.9 Å². The van der Waals surface area contributed by atoms with E-state index in [1.807, 2.05) is 12.1 Å². The molecular weight excluding hydrogens is 491 g/mol. The fraction of sp³-hybridized carbons (Fsp3) is 0.120. The smallest absolute Gasteiger partial charge is 0.271 e. The Morgan fingerprint density at radius 2 is 1.91 bits per heavy atom. The Labute approximate surface area is 194 Å². The molecule has 4 nitrogen and oxygen atoms in total. The van der Waals surface area contributed by atoms with Crippen molar-refractivity contribution in [1.29, 1.82) is 0 Å². The Kier molecular flexibility index (Phi) is 4.62. The molecule has 0 amide bonds. The highest BCUT2D eigenvalue weighted by molar-refractivity contribution is 9.10. The summed E-state index contributed by atoms with van der Waals surface area (Å²) in [6.45, 7) is 0. The van der Waals surface area contributed by atoms with Crippen LogP contribution in [0.5, 0.6) is 0 Å². The van der Waals surface area contributed by atoms with E-state index in [0.29, 0.717) is 19.8 Å². The summed E-state index contributed by atoms with van der Waals surface area (Å²) in [4.78, 5) is 19.1. The van der Waals surface area contributed by atoms with Crippen LogP contribution in [0, 0.1) is 5.82 Å². The number of rotatable bonds is 2. The molecular formula is C25H16BrFN2O2S. The Morgan fingerprint density at radius 1 is 1.09 bits per heavy atom. The third kappa shape index (κ3) is 3.15. The largest absolute Gasteiger partial charge is 0.450 e. The van der Waals surface area contributed by atoms with Crippen molar-refractivity contribution in [2.24, 2.45) is 4.99 Å². The predicted molar refractivity (Wildman–Crippen MR) is 126 cm³/mol. The van der Waals surface area contributed by atoms with E-state index in [-0.39, 0.29) is 17.4 Å². The van der Waals surface area contributed by atoms with Gasteiger partial charge >= 0.3 is 0 Å². The summed E-state index contributed by atoms with van der Waals surface area (Å²) < 4.78 is 22.2. The van der Waals surface area contributed by atoms with Crippen LogP contribution in [0.3, 0.4) is 0 Å². The van der Waals surface area contributed by atoms with Gasteiger partial charge in [-0.05, 0) is 69.7 Å². The quantitative estimate of drug-likeness (QED) is 0.391. The zero-order valence-corrected chi connectivity index (χ0v) is 19.1. The van der Waals surface area contributed by atoms with Gasteiger partial charge in [0.1, 0.15) is 11.6 Å². The van der Waals surface area contributed by atoms with Gasteiger partial charge in [0.2, 0.25) is 0 Å². The average molecular weight is 507 g/mol. The second-order valence-corrected chi connectivity index (χ2v) is 9.60. The van der Waals surface area contributed by atoms with Crippen molar-refractivity contribution in [3.8, 4) is 0 Å². The van der Waals surface area contributed by atoms with E-state index in [1.165, 1.54) is 29.0 Å². The summed E-state index contributed by atoms with van der Waals surface area (Å²) in [6, 6.07) is 18.0. The van der Waals surface area contributed by atoms with E-state index in [2.05, 4.69) is 28.1 Å². The summed E-state index contributed by atoms with van der Waals surface area (Å²) in [7, 11) is 0. The van der Waals surface area contributed by atoms with Crippen LogP contribution >= 0.6 is 27.3 Å². The minimum Gasteiger partial charge on any atom is -0.450 e. The first-order valence-electron chi connectivity index (χ1n) is 10.2. The Morgan fingerprint density at radius 3 is 2.69 bits per heavy atom. The molecule has 1 atom stereocenters. The van der Waals surface area contributed by atoms with Crippen LogP contribution in [0.1, 0.15) is 34.9 Å². The van der Waals surface area contributed by atoms with E-state index in [0.717, 1.165) is 35.2 Å². The Balaban J connectivity index is 1.64. The van der Waals surface area contributed by atoms with Crippen LogP contribution in [0.2, 0.25) is 0 Å². The fourth-order valence-corrected chi connectivity index (χ4v) is 5.80. The van der Waals surface area contributed by atoms with Gasteiger partial charge in [0.05, 0.1) is 16.3 Å². The lowest BCUT2D eigenvalue weighted by atomic mass is 9.83. The number of nitrogens with zero attached hydrogens (tertiary/aromatic N) is 2. The molecule has 6 rings (SSSR count). The molecule has 2 aromatic heterocycles. The maximum Gasteiger partial charge on any atom is 0.271 e. The third-order valence-corrected chi connectivity index (χ3v) is 7.34. The number of thiazole rings is 1. The van der Waals surface area contributed by atoms with E-state index in [9.17, 15) is 9.18 Å². The first-order chi connectivity index (χ1) is 15.6. The molecule has 1 aliphatic carbocycles. The summed E-state index contributed by atoms with van der Waals surface area (Å²) >= 11 is 4.64. The number of furan rings is 1. The van der Waals surface area contributed by atoms with Crippen LogP contribution < -0.4 is 14.9 Å². The van der Waals surface area contributed by atoms with Crippen molar-refractivity contribution in [2.75, 3.05) is 0 Å². The van der Waals surface area contributed by atoms with Crippen molar-refractivity contribution >= 4 is 39.0 Å². The second-order valence-electron chi connectivity index (χ2n) is 7.81. The third-order valence-electron chi connectivity index (χ3n) is 5.93. The fourth-order valence-electron chi connectivity index (χ4n) is 4.50. The van der Waals surface area contributed by atoms with Gasteiger partial charge in [0, 0.05) is 11.6 Å². The van der Waals surface area contributed by atoms with Crippen molar-refractivity contribution < 1.29 is 8.81 Å². The highest BCUT2D eigenvalue weighted by Crippen LogP contribution is 2.41. The van der Waals surface area contributed by atoms with Gasteiger partial charge in [0.15, 0.2) is 9.47 Å².